The number of aromatic nitrogens is 1. The van der Waals surface area contributed by atoms with E-state index >= 15 is 0 Å². The van der Waals surface area contributed by atoms with E-state index in [4.69, 9.17) is 9.47 Å². The molecule has 3 heterocycles. The number of nitrogens with one attached hydrogen (secondary N) is 1. The number of benzene rings is 1. The van der Waals surface area contributed by atoms with Crippen molar-refractivity contribution in [1.82, 2.24) is 9.88 Å². The summed E-state index contributed by atoms with van der Waals surface area (Å²) in [5.41, 5.74) is 1.73. The first kappa shape index (κ1) is 17.8. The van der Waals surface area contributed by atoms with Crippen molar-refractivity contribution in [3.05, 3.63) is 36.4 Å². The van der Waals surface area contributed by atoms with Gasteiger partial charge in [0.05, 0.1) is 11.7 Å². The zero-order valence-corrected chi connectivity index (χ0v) is 15.6. The average Bonchev–Trinajstić information content (AvgIpc) is 3.16. The lowest BCUT2D eigenvalue weighted by atomic mass is 10.1. The van der Waals surface area contributed by atoms with E-state index in [0.717, 1.165) is 55.1 Å². The Labute approximate surface area is 159 Å². The van der Waals surface area contributed by atoms with Crippen LogP contribution in [0.3, 0.4) is 0 Å². The first-order valence-electron chi connectivity index (χ1n) is 9.66. The fourth-order valence-corrected chi connectivity index (χ4v) is 3.76. The monoisotopic (exact) mass is 367 g/mol. The van der Waals surface area contributed by atoms with E-state index in [1.165, 1.54) is 0 Å². The van der Waals surface area contributed by atoms with Crippen LogP contribution in [0.1, 0.15) is 26.2 Å². The van der Waals surface area contributed by atoms with Gasteiger partial charge in [0.25, 0.3) is 0 Å². The molecule has 0 spiro atoms. The van der Waals surface area contributed by atoms with E-state index in [9.17, 15) is 4.79 Å². The molecule has 2 aliphatic rings. The standard InChI is InChI=1S/C21H25N3O3/c1-2-10-24-11-4-6-17(24)21(25)23-20-7-3-5-16(22-20)15-8-9-18-19(14-15)27-13-12-26-18/h3,5,7-9,14,17H,2,4,6,10-13H2,1H3,(H,22,23,25). The zero-order valence-electron chi connectivity index (χ0n) is 15.6. The van der Waals surface area contributed by atoms with Gasteiger partial charge in [-0.1, -0.05) is 13.0 Å². The number of anilines is 1. The predicted molar refractivity (Wildman–Crippen MR) is 104 cm³/mol. The van der Waals surface area contributed by atoms with Gasteiger partial charge in [0, 0.05) is 5.56 Å². The zero-order chi connectivity index (χ0) is 18.6. The van der Waals surface area contributed by atoms with Crippen molar-refractivity contribution in [1.29, 1.82) is 0 Å². The van der Waals surface area contributed by atoms with Crippen LogP contribution in [-0.2, 0) is 4.79 Å². The second-order valence-electron chi connectivity index (χ2n) is 6.95. The molecule has 1 fully saturated rings. The van der Waals surface area contributed by atoms with Crippen LogP contribution >= 0.6 is 0 Å². The molecule has 2 aliphatic heterocycles. The maximum atomic E-state index is 12.7. The molecule has 0 saturated carbocycles. The lowest BCUT2D eigenvalue weighted by Crippen LogP contribution is -2.40. The predicted octanol–water partition coefficient (Wildman–Crippen LogP) is 3.33. The van der Waals surface area contributed by atoms with Crippen LogP contribution in [0.2, 0.25) is 0 Å². The molecule has 1 aromatic carbocycles. The second kappa shape index (κ2) is 7.96. The molecular formula is C21H25N3O3. The number of amides is 1. The van der Waals surface area contributed by atoms with Gasteiger partial charge in [-0.2, -0.15) is 0 Å². The Kier molecular flexibility index (Phi) is 5.25. The van der Waals surface area contributed by atoms with E-state index in [1.54, 1.807) is 0 Å². The number of ether oxygens (including phenoxy) is 2. The largest absolute Gasteiger partial charge is 0.486 e. The van der Waals surface area contributed by atoms with Crippen molar-refractivity contribution < 1.29 is 14.3 Å². The minimum absolute atomic E-state index is 0.0350. The minimum atomic E-state index is -0.0512. The van der Waals surface area contributed by atoms with Crippen LogP contribution in [0.15, 0.2) is 36.4 Å². The van der Waals surface area contributed by atoms with Gasteiger partial charge in [0.1, 0.15) is 19.0 Å². The Balaban J connectivity index is 1.50. The van der Waals surface area contributed by atoms with Crippen LogP contribution in [0.5, 0.6) is 11.5 Å². The summed E-state index contributed by atoms with van der Waals surface area (Å²) in [6.45, 7) is 5.23. The molecule has 4 rings (SSSR count). The first-order valence-corrected chi connectivity index (χ1v) is 9.66. The van der Waals surface area contributed by atoms with E-state index in [1.807, 2.05) is 36.4 Å². The molecule has 1 amide bonds. The molecule has 1 unspecified atom stereocenters. The molecule has 6 nitrogen and oxygen atoms in total. The molecule has 6 heteroatoms. The van der Waals surface area contributed by atoms with Gasteiger partial charge in [-0.25, -0.2) is 4.98 Å². The quantitative estimate of drug-likeness (QED) is 0.878. The molecule has 1 aromatic heterocycles. The molecule has 142 valence electrons. The Morgan fingerprint density at radius 2 is 2.07 bits per heavy atom. The van der Waals surface area contributed by atoms with Crippen molar-refractivity contribution in [3.8, 4) is 22.8 Å². The number of hydrogen-bond donors (Lipinski definition) is 1. The molecule has 1 atom stereocenters. The summed E-state index contributed by atoms with van der Waals surface area (Å²) in [4.78, 5) is 19.6. The summed E-state index contributed by atoms with van der Waals surface area (Å²) in [6.07, 6.45) is 3.04. The summed E-state index contributed by atoms with van der Waals surface area (Å²) in [5, 5.41) is 3.00. The van der Waals surface area contributed by atoms with Gasteiger partial charge in [-0.05, 0) is 62.7 Å². The summed E-state index contributed by atoms with van der Waals surface area (Å²) in [7, 11) is 0. The number of likely N-dealkylation sites (tertiary alicyclic amines) is 1. The highest BCUT2D eigenvalue weighted by Crippen LogP contribution is 2.34. The number of fused-ring (bicyclic) bond motifs is 1. The molecule has 0 aliphatic carbocycles. The third-order valence-corrected chi connectivity index (χ3v) is 5.02. The molecule has 0 bridgehead atoms. The van der Waals surface area contributed by atoms with Crippen LogP contribution in [0, 0.1) is 0 Å². The van der Waals surface area contributed by atoms with Crippen molar-refractivity contribution >= 4 is 11.7 Å². The van der Waals surface area contributed by atoms with Gasteiger partial charge in [-0.3, -0.25) is 9.69 Å². The Bertz CT molecular complexity index is 824. The molecule has 27 heavy (non-hydrogen) atoms. The Hall–Kier alpha value is -2.60. The maximum absolute atomic E-state index is 12.7. The third kappa shape index (κ3) is 3.90. The summed E-state index contributed by atoms with van der Waals surface area (Å²) < 4.78 is 11.2. The highest BCUT2D eigenvalue weighted by molar-refractivity contribution is 5.94. The van der Waals surface area contributed by atoms with Crippen LogP contribution in [-0.4, -0.2) is 48.1 Å². The fraction of sp³-hybridized carbons (Fsp3) is 0.429. The lowest BCUT2D eigenvalue weighted by molar-refractivity contribution is -0.120. The molecule has 1 saturated heterocycles. The summed E-state index contributed by atoms with van der Waals surface area (Å²) in [5.74, 6) is 2.10. The Morgan fingerprint density at radius 3 is 2.93 bits per heavy atom. The van der Waals surface area contributed by atoms with Gasteiger partial charge in [0.2, 0.25) is 5.91 Å². The van der Waals surface area contributed by atoms with E-state index in [2.05, 4.69) is 22.1 Å². The van der Waals surface area contributed by atoms with Crippen LogP contribution in [0.4, 0.5) is 5.82 Å². The molecular weight excluding hydrogens is 342 g/mol. The number of pyridine rings is 1. The minimum Gasteiger partial charge on any atom is -0.486 e. The van der Waals surface area contributed by atoms with Crippen molar-refractivity contribution in [3.63, 3.8) is 0 Å². The number of carbonyl (C=O) groups excluding carboxylic acids is 1. The topological polar surface area (TPSA) is 63.7 Å². The highest BCUT2D eigenvalue weighted by Gasteiger charge is 2.30. The lowest BCUT2D eigenvalue weighted by Gasteiger charge is -2.22. The number of carbonyl (C=O) groups is 1. The van der Waals surface area contributed by atoms with E-state index in [0.29, 0.717) is 19.0 Å². The van der Waals surface area contributed by atoms with Gasteiger partial charge >= 0.3 is 0 Å². The normalized spacial score (nSPS) is 19.1. The smallest absolute Gasteiger partial charge is 0.242 e. The second-order valence-corrected chi connectivity index (χ2v) is 6.95. The number of hydrogen-bond acceptors (Lipinski definition) is 5. The van der Waals surface area contributed by atoms with Crippen molar-refractivity contribution in [2.75, 3.05) is 31.6 Å². The van der Waals surface area contributed by atoms with Gasteiger partial charge in [0.15, 0.2) is 11.5 Å². The van der Waals surface area contributed by atoms with E-state index < -0.39 is 0 Å². The van der Waals surface area contributed by atoms with Crippen LogP contribution < -0.4 is 14.8 Å². The van der Waals surface area contributed by atoms with Crippen LogP contribution in [0.25, 0.3) is 11.3 Å². The van der Waals surface area contributed by atoms with E-state index in [-0.39, 0.29) is 11.9 Å². The SMILES string of the molecule is CCCN1CCCC1C(=O)Nc1cccc(-c2ccc3c(c2)OCCO3)n1. The third-order valence-electron chi connectivity index (χ3n) is 5.02. The number of rotatable bonds is 5. The van der Waals surface area contributed by atoms with Crippen molar-refractivity contribution in [2.45, 2.75) is 32.2 Å². The number of nitrogens with zero attached hydrogens (tertiary/aromatic N) is 2. The fourth-order valence-electron chi connectivity index (χ4n) is 3.76. The Morgan fingerprint density at radius 1 is 1.22 bits per heavy atom. The molecule has 1 N–H and O–H groups in total. The van der Waals surface area contributed by atoms with Crippen molar-refractivity contribution in [2.24, 2.45) is 0 Å². The van der Waals surface area contributed by atoms with Gasteiger partial charge < -0.3 is 14.8 Å². The first-order chi connectivity index (χ1) is 13.2. The van der Waals surface area contributed by atoms with Gasteiger partial charge in [-0.15, -0.1) is 0 Å². The summed E-state index contributed by atoms with van der Waals surface area (Å²) in [6, 6.07) is 11.4. The average molecular weight is 367 g/mol. The maximum Gasteiger partial charge on any atom is 0.242 e. The highest BCUT2D eigenvalue weighted by atomic mass is 16.6. The molecule has 2 aromatic rings. The molecule has 0 radical (unpaired) electrons. The summed E-state index contributed by atoms with van der Waals surface area (Å²) >= 11 is 0.